The number of aromatic amines is 1. The molecule has 3 aromatic rings. The molecule has 0 amide bonds. The Hall–Kier alpha value is -2.01. The largest absolute Gasteiger partial charge is 0.398 e. The molecule has 0 fully saturated rings. The molecule has 4 nitrogen and oxygen atoms in total. The highest BCUT2D eigenvalue weighted by Gasteiger charge is 2.06. The second kappa shape index (κ2) is 4.10. The SMILES string of the molecule is Nc1cc2cn[nH]c2cc1Sc1ccccn1. The Morgan fingerprint density at radius 2 is 2.18 bits per heavy atom. The maximum Gasteiger partial charge on any atom is 0.101 e. The van der Waals surface area contributed by atoms with Crippen molar-refractivity contribution in [2.24, 2.45) is 0 Å². The second-order valence-electron chi connectivity index (χ2n) is 3.62. The number of aromatic nitrogens is 3. The zero-order valence-corrected chi connectivity index (χ0v) is 9.74. The number of nitrogens with one attached hydrogen (secondary N) is 1. The average molecular weight is 242 g/mol. The molecular weight excluding hydrogens is 232 g/mol. The standard InChI is InChI=1S/C12H10N4S/c13-9-5-8-7-15-16-10(8)6-11(9)17-12-3-1-2-4-14-12/h1-7H,13H2,(H,15,16). The first-order valence-corrected chi connectivity index (χ1v) is 5.96. The van der Waals surface area contributed by atoms with E-state index >= 15 is 0 Å². The van der Waals surface area contributed by atoms with E-state index in [0.717, 1.165) is 26.5 Å². The average Bonchev–Trinajstić information content (AvgIpc) is 2.78. The first kappa shape index (κ1) is 10.2. The number of hydrogen-bond acceptors (Lipinski definition) is 4. The number of fused-ring (bicyclic) bond motifs is 1. The lowest BCUT2D eigenvalue weighted by Gasteiger charge is -2.04. The van der Waals surface area contributed by atoms with Crippen molar-refractivity contribution in [1.82, 2.24) is 15.2 Å². The van der Waals surface area contributed by atoms with Gasteiger partial charge in [-0.3, -0.25) is 5.10 Å². The third kappa shape index (κ3) is 1.97. The summed E-state index contributed by atoms with van der Waals surface area (Å²) >= 11 is 1.55. The number of hydrogen-bond donors (Lipinski definition) is 2. The van der Waals surface area contributed by atoms with Crippen LogP contribution >= 0.6 is 11.8 Å². The van der Waals surface area contributed by atoms with Gasteiger partial charge in [0.15, 0.2) is 0 Å². The summed E-state index contributed by atoms with van der Waals surface area (Å²) in [6.45, 7) is 0. The van der Waals surface area contributed by atoms with Crippen molar-refractivity contribution < 1.29 is 0 Å². The van der Waals surface area contributed by atoms with Gasteiger partial charge in [0.1, 0.15) is 5.03 Å². The number of H-pyrrole nitrogens is 1. The van der Waals surface area contributed by atoms with Crippen LogP contribution in [-0.2, 0) is 0 Å². The van der Waals surface area contributed by atoms with E-state index in [9.17, 15) is 0 Å². The monoisotopic (exact) mass is 242 g/mol. The van der Waals surface area contributed by atoms with Crippen LogP contribution in [0.2, 0.25) is 0 Å². The van der Waals surface area contributed by atoms with Crippen molar-refractivity contribution in [2.75, 3.05) is 5.73 Å². The summed E-state index contributed by atoms with van der Waals surface area (Å²) in [7, 11) is 0. The summed E-state index contributed by atoms with van der Waals surface area (Å²) in [5.74, 6) is 0. The summed E-state index contributed by atoms with van der Waals surface area (Å²) in [5, 5.41) is 8.87. The summed E-state index contributed by atoms with van der Waals surface area (Å²) < 4.78 is 0. The molecule has 0 aliphatic rings. The minimum absolute atomic E-state index is 0.745. The van der Waals surface area contributed by atoms with E-state index in [4.69, 9.17) is 5.73 Å². The third-order valence-electron chi connectivity index (χ3n) is 2.42. The molecule has 0 aliphatic heterocycles. The smallest absolute Gasteiger partial charge is 0.101 e. The molecule has 0 saturated carbocycles. The zero-order chi connectivity index (χ0) is 11.7. The fourth-order valence-electron chi connectivity index (χ4n) is 1.60. The van der Waals surface area contributed by atoms with Gasteiger partial charge in [-0.05, 0) is 24.3 Å². The number of nitrogen functional groups attached to an aromatic ring is 1. The Morgan fingerprint density at radius 1 is 1.24 bits per heavy atom. The van der Waals surface area contributed by atoms with Gasteiger partial charge in [0, 0.05) is 22.2 Å². The molecule has 0 saturated heterocycles. The Kier molecular flexibility index (Phi) is 2.45. The van der Waals surface area contributed by atoms with Crippen molar-refractivity contribution in [3.63, 3.8) is 0 Å². The molecule has 0 bridgehead atoms. The van der Waals surface area contributed by atoms with Crippen molar-refractivity contribution in [2.45, 2.75) is 9.92 Å². The number of nitrogens with zero attached hydrogens (tertiary/aromatic N) is 2. The van der Waals surface area contributed by atoms with Crippen LogP contribution in [0.1, 0.15) is 0 Å². The summed E-state index contributed by atoms with van der Waals surface area (Å²) in [4.78, 5) is 5.25. The van der Waals surface area contributed by atoms with E-state index in [1.54, 1.807) is 24.2 Å². The van der Waals surface area contributed by atoms with E-state index in [0.29, 0.717) is 0 Å². The Bertz CT molecular complexity index is 648. The van der Waals surface area contributed by atoms with Crippen LogP contribution in [0, 0.1) is 0 Å². The minimum atomic E-state index is 0.745. The Morgan fingerprint density at radius 3 is 3.00 bits per heavy atom. The number of benzene rings is 1. The maximum atomic E-state index is 6.00. The van der Waals surface area contributed by atoms with Crippen LogP contribution in [0.15, 0.2) is 52.6 Å². The Labute approximate surface area is 102 Å². The zero-order valence-electron chi connectivity index (χ0n) is 8.92. The van der Waals surface area contributed by atoms with Crippen molar-refractivity contribution >= 4 is 28.4 Å². The molecule has 0 atom stereocenters. The van der Waals surface area contributed by atoms with Crippen LogP contribution in [-0.4, -0.2) is 15.2 Å². The van der Waals surface area contributed by atoms with Gasteiger partial charge in [0.2, 0.25) is 0 Å². The van der Waals surface area contributed by atoms with E-state index in [1.807, 2.05) is 30.3 Å². The highest BCUT2D eigenvalue weighted by Crippen LogP contribution is 2.33. The first-order chi connectivity index (χ1) is 8.33. The highest BCUT2D eigenvalue weighted by molar-refractivity contribution is 7.99. The molecule has 0 spiro atoms. The van der Waals surface area contributed by atoms with E-state index in [-0.39, 0.29) is 0 Å². The van der Waals surface area contributed by atoms with Gasteiger partial charge in [-0.25, -0.2) is 4.98 Å². The van der Waals surface area contributed by atoms with Crippen LogP contribution in [0.3, 0.4) is 0 Å². The number of pyridine rings is 1. The van der Waals surface area contributed by atoms with E-state index in [1.165, 1.54) is 0 Å². The first-order valence-electron chi connectivity index (χ1n) is 5.14. The number of anilines is 1. The van der Waals surface area contributed by atoms with Gasteiger partial charge < -0.3 is 5.73 Å². The third-order valence-corrected chi connectivity index (χ3v) is 3.45. The normalized spacial score (nSPS) is 10.8. The number of rotatable bonds is 2. The van der Waals surface area contributed by atoms with Crippen molar-refractivity contribution in [3.05, 3.63) is 42.7 Å². The fraction of sp³-hybridized carbons (Fsp3) is 0. The van der Waals surface area contributed by atoms with Gasteiger partial charge in [0.05, 0.1) is 11.7 Å². The quantitative estimate of drug-likeness (QED) is 0.678. The molecule has 2 heterocycles. The molecule has 84 valence electrons. The van der Waals surface area contributed by atoms with Crippen LogP contribution in [0.4, 0.5) is 5.69 Å². The van der Waals surface area contributed by atoms with Gasteiger partial charge in [-0.15, -0.1) is 0 Å². The molecule has 5 heteroatoms. The minimum Gasteiger partial charge on any atom is -0.398 e. The molecule has 3 N–H and O–H groups in total. The molecule has 0 aliphatic carbocycles. The molecule has 1 aromatic carbocycles. The molecule has 17 heavy (non-hydrogen) atoms. The Balaban J connectivity index is 2.02. The van der Waals surface area contributed by atoms with Gasteiger partial charge >= 0.3 is 0 Å². The van der Waals surface area contributed by atoms with E-state index in [2.05, 4.69) is 15.2 Å². The molecule has 3 rings (SSSR count). The molecule has 2 aromatic heterocycles. The lowest BCUT2D eigenvalue weighted by Crippen LogP contribution is -1.89. The predicted octanol–water partition coefficient (Wildman–Crippen LogP) is 2.69. The van der Waals surface area contributed by atoms with Gasteiger partial charge in [-0.1, -0.05) is 17.8 Å². The molecular formula is C12H10N4S. The fourth-order valence-corrected chi connectivity index (χ4v) is 2.44. The van der Waals surface area contributed by atoms with Gasteiger partial charge in [0.25, 0.3) is 0 Å². The number of nitrogens with two attached hydrogens (primary N) is 1. The lowest BCUT2D eigenvalue weighted by molar-refractivity contribution is 1.12. The van der Waals surface area contributed by atoms with Crippen LogP contribution in [0.5, 0.6) is 0 Å². The van der Waals surface area contributed by atoms with Gasteiger partial charge in [-0.2, -0.15) is 5.10 Å². The van der Waals surface area contributed by atoms with Crippen LogP contribution < -0.4 is 5.73 Å². The van der Waals surface area contributed by atoms with Crippen molar-refractivity contribution in [1.29, 1.82) is 0 Å². The summed E-state index contributed by atoms with van der Waals surface area (Å²) in [6, 6.07) is 9.73. The summed E-state index contributed by atoms with van der Waals surface area (Å²) in [6.07, 6.45) is 3.54. The van der Waals surface area contributed by atoms with Crippen LogP contribution in [0.25, 0.3) is 10.9 Å². The predicted molar refractivity (Wildman–Crippen MR) is 68.9 cm³/mol. The molecule has 0 unspecified atom stereocenters. The molecule has 0 radical (unpaired) electrons. The lowest BCUT2D eigenvalue weighted by atomic mass is 10.2. The second-order valence-corrected chi connectivity index (χ2v) is 4.68. The topological polar surface area (TPSA) is 67.6 Å². The van der Waals surface area contributed by atoms with Crippen molar-refractivity contribution in [3.8, 4) is 0 Å². The highest BCUT2D eigenvalue weighted by atomic mass is 32.2. The maximum absolute atomic E-state index is 6.00. The summed E-state index contributed by atoms with van der Waals surface area (Å²) in [5.41, 5.74) is 7.73. The van der Waals surface area contributed by atoms with E-state index < -0.39 is 0 Å².